The van der Waals surface area contributed by atoms with E-state index in [2.05, 4.69) is 20.7 Å². The molecule has 2 aromatic carbocycles. The number of anilines is 2. The quantitative estimate of drug-likeness (QED) is 0.366. The molecule has 11 heteroatoms. The maximum Gasteiger partial charge on any atom is 0.416 e. The van der Waals surface area contributed by atoms with E-state index in [1.54, 1.807) is 42.1 Å². The second kappa shape index (κ2) is 9.91. The molecule has 1 aliphatic rings. The number of carbonyl (C=O) groups is 1. The van der Waals surface area contributed by atoms with Gasteiger partial charge in [-0.1, -0.05) is 36.2 Å². The first-order valence-corrected chi connectivity index (χ1v) is 11.7. The standard InChI is InChI=1S/C24H22Cl2F3N5O/c1-3-9-30-19-12-15(24(27,28)29)5-7-18(19)33-23(35)21-13(2)32-20-8-10-31-34(20)22(21)14-4-6-16(25)17(26)11-14/h4-8,10-12,21-22,30H,3,9H2,1-2H3,(H,33,35). The van der Waals surface area contributed by atoms with Crippen LogP contribution in [-0.4, -0.2) is 27.9 Å². The van der Waals surface area contributed by atoms with Gasteiger partial charge in [-0.3, -0.25) is 4.79 Å². The molecule has 35 heavy (non-hydrogen) atoms. The topological polar surface area (TPSA) is 71.3 Å². The molecular formula is C24H22Cl2F3N5O. The highest BCUT2D eigenvalue weighted by Crippen LogP contribution is 2.39. The van der Waals surface area contributed by atoms with Crippen molar-refractivity contribution in [2.24, 2.45) is 10.9 Å². The van der Waals surface area contributed by atoms with Crippen LogP contribution in [0.25, 0.3) is 0 Å². The predicted molar refractivity (Wildman–Crippen MR) is 132 cm³/mol. The van der Waals surface area contributed by atoms with E-state index in [9.17, 15) is 18.0 Å². The van der Waals surface area contributed by atoms with Crippen LogP contribution < -0.4 is 10.6 Å². The number of aromatic nitrogens is 2. The zero-order valence-electron chi connectivity index (χ0n) is 18.8. The Balaban J connectivity index is 1.72. The van der Waals surface area contributed by atoms with Crippen molar-refractivity contribution in [1.29, 1.82) is 0 Å². The van der Waals surface area contributed by atoms with Gasteiger partial charge in [0.2, 0.25) is 5.91 Å². The normalized spacial score (nSPS) is 17.5. The fourth-order valence-corrected chi connectivity index (χ4v) is 4.35. The van der Waals surface area contributed by atoms with Crippen LogP contribution in [0, 0.1) is 5.92 Å². The SMILES string of the molecule is CCCNc1cc(C(F)(F)F)ccc1NC(=O)C1C(C)=Nc2ccnn2C1c1ccc(Cl)c(Cl)c1. The number of halogens is 5. The molecule has 1 aliphatic heterocycles. The minimum absolute atomic E-state index is 0.186. The minimum atomic E-state index is -4.51. The lowest BCUT2D eigenvalue weighted by Crippen LogP contribution is -2.39. The Hall–Kier alpha value is -3.04. The Labute approximate surface area is 210 Å². The van der Waals surface area contributed by atoms with Gasteiger partial charge in [0.1, 0.15) is 5.92 Å². The molecule has 0 aliphatic carbocycles. The first-order chi connectivity index (χ1) is 16.6. The Morgan fingerprint density at radius 3 is 2.54 bits per heavy atom. The van der Waals surface area contributed by atoms with Crippen molar-refractivity contribution in [3.05, 3.63) is 69.8 Å². The average molecular weight is 524 g/mol. The molecule has 0 saturated heterocycles. The van der Waals surface area contributed by atoms with Gasteiger partial charge in [-0.2, -0.15) is 18.3 Å². The average Bonchev–Trinajstić information content (AvgIpc) is 3.26. The lowest BCUT2D eigenvalue weighted by molar-refractivity contribution is -0.137. The second-order valence-corrected chi connectivity index (χ2v) is 8.97. The summed E-state index contributed by atoms with van der Waals surface area (Å²) in [6.07, 6.45) is -2.23. The van der Waals surface area contributed by atoms with Gasteiger partial charge < -0.3 is 10.6 Å². The summed E-state index contributed by atoms with van der Waals surface area (Å²) in [5.74, 6) is -0.675. The third-order valence-electron chi connectivity index (χ3n) is 5.71. The van der Waals surface area contributed by atoms with E-state index in [4.69, 9.17) is 23.2 Å². The van der Waals surface area contributed by atoms with Gasteiger partial charge in [0.15, 0.2) is 5.82 Å². The van der Waals surface area contributed by atoms with E-state index < -0.39 is 29.6 Å². The smallest absolute Gasteiger partial charge is 0.383 e. The summed E-state index contributed by atoms with van der Waals surface area (Å²) in [7, 11) is 0. The highest BCUT2D eigenvalue weighted by molar-refractivity contribution is 6.42. The number of aliphatic imine (C=N–C) groups is 1. The van der Waals surface area contributed by atoms with E-state index in [0.717, 1.165) is 12.1 Å². The summed E-state index contributed by atoms with van der Waals surface area (Å²) in [6.45, 7) is 4.06. The fraction of sp³-hybridized carbons (Fsp3) is 0.292. The highest BCUT2D eigenvalue weighted by atomic mass is 35.5. The van der Waals surface area contributed by atoms with Crippen molar-refractivity contribution in [2.75, 3.05) is 17.2 Å². The third-order valence-corrected chi connectivity index (χ3v) is 6.45. The lowest BCUT2D eigenvalue weighted by Gasteiger charge is -2.31. The Morgan fingerprint density at radius 1 is 1.09 bits per heavy atom. The Bertz CT molecular complexity index is 1290. The van der Waals surface area contributed by atoms with E-state index in [1.807, 2.05) is 6.92 Å². The van der Waals surface area contributed by atoms with E-state index >= 15 is 0 Å². The monoisotopic (exact) mass is 523 g/mol. The first-order valence-electron chi connectivity index (χ1n) is 10.9. The molecule has 2 heterocycles. The van der Waals surface area contributed by atoms with Gasteiger partial charge in [0.05, 0.1) is 39.2 Å². The van der Waals surface area contributed by atoms with Crippen LogP contribution in [0.2, 0.25) is 10.0 Å². The minimum Gasteiger partial charge on any atom is -0.383 e. The number of hydrogen-bond donors (Lipinski definition) is 2. The summed E-state index contributed by atoms with van der Waals surface area (Å²) in [5.41, 5.74) is 0.839. The van der Waals surface area contributed by atoms with Gasteiger partial charge in [0, 0.05) is 18.3 Å². The number of nitrogens with zero attached hydrogens (tertiary/aromatic N) is 3. The van der Waals surface area contributed by atoms with Crippen molar-refractivity contribution < 1.29 is 18.0 Å². The molecular weight excluding hydrogens is 502 g/mol. The summed E-state index contributed by atoms with van der Waals surface area (Å²) < 4.78 is 41.5. The number of fused-ring (bicyclic) bond motifs is 1. The molecule has 0 spiro atoms. The highest BCUT2D eigenvalue weighted by Gasteiger charge is 2.39. The summed E-state index contributed by atoms with van der Waals surface area (Å²) in [4.78, 5) is 18.1. The van der Waals surface area contributed by atoms with Crippen LogP contribution in [0.4, 0.5) is 30.4 Å². The van der Waals surface area contributed by atoms with Crippen LogP contribution in [0.5, 0.6) is 0 Å². The largest absolute Gasteiger partial charge is 0.416 e. The number of amides is 1. The Morgan fingerprint density at radius 2 is 1.86 bits per heavy atom. The van der Waals surface area contributed by atoms with Crippen molar-refractivity contribution in [3.8, 4) is 0 Å². The van der Waals surface area contributed by atoms with Crippen LogP contribution in [0.15, 0.2) is 53.7 Å². The lowest BCUT2D eigenvalue weighted by atomic mass is 9.87. The summed E-state index contributed by atoms with van der Waals surface area (Å²) in [5, 5.41) is 10.8. The number of rotatable bonds is 6. The van der Waals surface area contributed by atoms with Crippen LogP contribution in [-0.2, 0) is 11.0 Å². The molecule has 184 valence electrons. The molecule has 0 saturated carbocycles. The molecule has 6 nitrogen and oxygen atoms in total. The maximum absolute atomic E-state index is 13.6. The van der Waals surface area contributed by atoms with Crippen molar-refractivity contribution >= 4 is 52.0 Å². The van der Waals surface area contributed by atoms with Gasteiger partial charge in [-0.05, 0) is 49.2 Å². The molecule has 0 fully saturated rings. The van der Waals surface area contributed by atoms with Crippen molar-refractivity contribution in [3.63, 3.8) is 0 Å². The molecule has 4 rings (SSSR count). The number of benzene rings is 2. The first kappa shape index (κ1) is 25.1. The maximum atomic E-state index is 13.6. The molecule has 3 aromatic rings. The van der Waals surface area contributed by atoms with Crippen LogP contribution in [0.3, 0.4) is 0 Å². The van der Waals surface area contributed by atoms with Gasteiger partial charge in [-0.25, -0.2) is 9.67 Å². The van der Waals surface area contributed by atoms with Crippen LogP contribution in [0.1, 0.15) is 37.4 Å². The van der Waals surface area contributed by atoms with Crippen LogP contribution >= 0.6 is 23.2 Å². The molecule has 0 radical (unpaired) electrons. The van der Waals surface area contributed by atoms with E-state index in [1.165, 1.54) is 6.07 Å². The van der Waals surface area contributed by atoms with Crippen molar-refractivity contribution in [1.82, 2.24) is 9.78 Å². The molecule has 2 N–H and O–H groups in total. The predicted octanol–water partition coefficient (Wildman–Crippen LogP) is 6.98. The number of carbonyl (C=O) groups excluding carboxylic acids is 1. The molecule has 1 aromatic heterocycles. The number of hydrogen-bond acceptors (Lipinski definition) is 4. The third kappa shape index (κ3) is 5.16. The Kier molecular flexibility index (Phi) is 7.10. The van der Waals surface area contributed by atoms with E-state index in [-0.39, 0.29) is 11.4 Å². The fourth-order valence-electron chi connectivity index (χ4n) is 4.04. The molecule has 2 atom stereocenters. The van der Waals surface area contributed by atoms with Gasteiger partial charge in [0.25, 0.3) is 0 Å². The molecule has 0 bridgehead atoms. The zero-order valence-corrected chi connectivity index (χ0v) is 20.3. The van der Waals surface area contributed by atoms with Crippen molar-refractivity contribution in [2.45, 2.75) is 32.5 Å². The molecule has 2 unspecified atom stereocenters. The number of nitrogens with one attached hydrogen (secondary N) is 2. The second-order valence-electron chi connectivity index (χ2n) is 8.16. The summed E-state index contributed by atoms with van der Waals surface area (Å²) >= 11 is 12.3. The van der Waals surface area contributed by atoms with E-state index in [0.29, 0.717) is 40.1 Å². The summed E-state index contributed by atoms with van der Waals surface area (Å²) in [6, 6.07) is 9.40. The zero-order chi connectivity index (χ0) is 25.3. The molecule has 1 amide bonds. The number of alkyl halides is 3. The van der Waals surface area contributed by atoms with Gasteiger partial charge >= 0.3 is 6.18 Å². The van der Waals surface area contributed by atoms with Gasteiger partial charge in [-0.15, -0.1) is 0 Å².